The molecule has 21 heavy (non-hydrogen) atoms. The van der Waals surface area contributed by atoms with Gasteiger partial charge in [0.1, 0.15) is 18.3 Å². The summed E-state index contributed by atoms with van der Waals surface area (Å²) in [7, 11) is -13.7. The van der Waals surface area contributed by atoms with Crippen LogP contribution < -0.4 is 0 Å². The molecule has 0 aliphatic heterocycles. The SMILES string of the molecule is O=P(=O)C1(O)[C@](O)(P(=O)=O)[C@H](O)C(O)[C@@H](O)[C@@]1(O)P(=O)=O. The van der Waals surface area contributed by atoms with Crippen molar-refractivity contribution in [1.29, 1.82) is 0 Å². The zero-order valence-electron chi connectivity index (χ0n) is 9.71. The van der Waals surface area contributed by atoms with Gasteiger partial charge in [0.25, 0.3) is 5.34 Å². The average Bonchev–Trinajstić information content (AvgIpc) is 2.39. The lowest BCUT2D eigenvalue weighted by Crippen LogP contribution is -2.78. The first-order valence-electron chi connectivity index (χ1n) is 4.96. The van der Waals surface area contributed by atoms with Crippen LogP contribution in [0.3, 0.4) is 0 Å². The van der Waals surface area contributed by atoms with Crippen molar-refractivity contribution < 1.29 is 58.0 Å². The summed E-state index contributed by atoms with van der Waals surface area (Å²) in [5.74, 6) is 0. The lowest BCUT2D eigenvalue weighted by molar-refractivity contribution is -0.269. The van der Waals surface area contributed by atoms with Crippen molar-refractivity contribution >= 4 is 23.0 Å². The van der Waals surface area contributed by atoms with Crippen LogP contribution in [0.5, 0.6) is 0 Å². The molecule has 0 heterocycles. The number of aliphatic hydroxyl groups is 6. The summed E-state index contributed by atoms with van der Waals surface area (Å²) < 4.78 is 66.6. The molecule has 1 aliphatic rings. The van der Waals surface area contributed by atoms with Gasteiger partial charge in [-0.05, 0) is 0 Å². The fourth-order valence-electron chi connectivity index (χ4n) is 2.07. The van der Waals surface area contributed by atoms with Gasteiger partial charge >= 0.3 is 23.0 Å². The Hall–Kier alpha value is -0.540. The quantitative estimate of drug-likeness (QED) is 0.289. The third-order valence-electron chi connectivity index (χ3n) is 3.32. The molecule has 1 saturated carbocycles. The maximum atomic E-state index is 11.1. The molecular formula is C6H9O12P3. The van der Waals surface area contributed by atoms with Crippen LogP contribution in [0, 0.1) is 0 Å². The second kappa shape index (κ2) is 5.27. The zero-order valence-corrected chi connectivity index (χ0v) is 12.4. The van der Waals surface area contributed by atoms with E-state index in [1.807, 2.05) is 0 Å². The Kier molecular flexibility index (Phi) is 4.65. The normalized spacial score (nSPS) is 46.9. The lowest BCUT2D eigenvalue weighted by atomic mass is 9.83. The van der Waals surface area contributed by atoms with E-state index in [4.69, 9.17) is 0 Å². The van der Waals surface area contributed by atoms with E-state index < -0.39 is 57.4 Å². The van der Waals surface area contributed by atoms with E-state index in [-0.39, 0.29) is 0 Å². The van der Waals surface area contributed by atoms with Crippen molar-refractivity contribution in [2.75, 3.05) is 0 Å². The Bertz CT molecular complexity index is 596. The van der Waals surface area contributed by atoms with E-state index in [9.17, 15) is 58.0 Å². The van der Waals surface area contributed by atoms with Gasteiger partial charge in [0.05, 0.1) is 0 Å². The first kappa shape index (κ1) is 18.5. The molecule has 0 saturated heterocycles. The van der Waals surface area contributed by atoms with Crippen molar-refractivity contribution in [1.82, 2.24) is 0 Å². The molecule has 0 aromatic heterocycles. The fourth-order valence-corrected chi connectivity index (χ4v) is 5.53. The summed E-state index contributed by atoms with van der Waals surface area (Å²) in [5, 5.41) is 45.0. The standard InChI is InChI=1S/C6H9O12P3/c7-1-2(8)4(10,19(13)14)6(12,21(17)18)5(11,3(1)9)20(15)16/h1-3,7-12H/t1?,2-,3-,4-,5-,6?/m1/s1. The van der Waals surface area contributed by atoms with Gasteiger partial charge in [-0.15, -0.1) is 0 Å². The number of hydrogen-bond acceptors (Lipinski definition) is 12. The maximum Gasteiger partial charge on any atom is 0.356 e. The van der Waals surface area contributed by atoms with E-state index >= 15 is 0 Å². The van der Waals surface area contributed by atoms with Gasteiger partial charge in [0, 0.05) is 0 Å². The van der Waals surface area contributed by atoms with Crippen LogP contribution in [0.15, 0.2) is 0 Å². The molecule has 1 fully saturated rings. The molecule has 0 amide bonds. The Balaban J connectivity index is 3.99. The third-order valence-corrected chi connectivity index (χ3v) is 7.17. The molecule has 15 heteroatoms. The van der Waals surface area contributed by atoms with Crippen LogP contribution in [0.4, 0.5) is 0 Å². The van der Waals surface area contributed by atoms with Crippen molar-refractivity contribution in [3.05, 3.63) is 0 Å². The summed E-state index contributed by atoms with van der Waals surface area (Å²) in [5.41, 5.74) is 0. The van der Waals surface area contributed by atoms with E-state index in [1.165, 1.54) is 0 Å². The predicted molar refractivity (Wildman–Crippen MR) is 57.7 cm³/mol. The molecule has 0 radical (unpaired) electrons. The first-order valence-corrected chi connectivity index (χ1v) is 8.49. The Morgan fingerprint density at radius 3 is 1.10 bits per heavy atom. The van der Waals surface area contributed by atoms with E-state index in [0.717, 1.165) is 0 Å². The number of hydrogen-bond donors (Lipinski definition) is 6. The highest BCUT2D eigenvalue weighted by Gasteiger charge is 2.83. The van der Waals surface area contributed by atoms with E-state index in [1.54, 1.807) is 0 Å². The molecule has 120 valence electrons. The minimum Gasteiger partial charge on any atom is -0.387 e. The largest absolute Gasteiger partial charge is 0.387 e. The van der Waals surface area contributed by atoms with Gasteiger partial charge in [0.2, 0.25) is 10.7 Å². The van der Waals surface area contributed by atoms with Gasteiger partial charge in [-0.25, -0.2) is 27.4 Å². The van der Waals surface area contributed by atoms with E-state index in [0.29, 0.717) is 0 Å². The van der Waals surface area contributed by atoms with Crippen molar-refractivity contribution in [2.45, 2.75) is 34.3 Å². The predicted octanol–water partition coefficient (Wildman–Crippen LogP) is -2.33. The maximum absolute atomic E-state index is 11.1. The molecule has 4 atom stereocenters. The smallest absolute Gasteiger partial charge is 0.356 e. The Morgan fingerprint density at radius 1 is 0.619 bits per heavy atom. The van der Waals surface area contributed by atoms with Crippen LogP contribution in [0.1, 0.15) is 0 Å². The van der Waals surface area contributed by atoms with Gasteiger partial charge in [-0.1, -0.05) is 0 Å². The van der Waals surface area contributed by atoms with Gasteiger partial charge in [0.15, 0.2) is 0 Å². The Morgan fingerprint density at radius 2 is 0.905 bits per heavy atom. The summed E-state index contributed by atoms with van der Waals surface area (Å²) in [6.45, 7) is 0. The Labute approximate surface area is 116 Å². The van der Waals surface area contributed by atoms with Crippen LogP contribution in [0.25, 0.3) is 0 Å². The van der Waals surface area contributed by atoms with Crippen molar-refractivity contribution in [3.8, 4) is 0 Å². The van der Waals surface area contributed by atoms with Crippen LogP contribution in [-0.2, 0) is 27.4 Å². The fraction of sp³-hybridized carbons (Fsp3) is 1.00. The lowest BCUT2D eigenvalue weighted by Gasteiger charge is -2.50. The number of aliphatic hydroxyl groups excluding tert-OH is 3. The minimum atomic E-state index is -4.66. The topological polar surface area (TPSA) is 224 Å². The molecule has 0 aromatic carbocycles. The van der Waals surface area contributed by atoms with Gasteiger partial charge in [-0.2, -0.15) is 0 Å². The minimum absolute atomic E-state index is 2.80. The molecule has 1 rings (SSSR count). The van der Waals surface area contributed by atoms with Gasteiger partial charge < -0.3 is 30.6 Å². The molecule has 0 unspecified atom stereocenters. The molecule has 6 N–H and O–H groups in total. The molecule has 0 aromatic rings. The van der Waals surface area contributed by atoms with Crippen LogP contribution in [-0.4, -0.2) is 65.0 Å². The second-order valence-corrected chi connectivity index (χ2v) is 7.83. The van der Waals surface area contributed by atoms with Crippen LogP contribution in [0.2, 0.25) is 0 Å². The van der Waals surface area contributed by atoms with Gasteiger partial charge in [-0.3, -0.25) is 0 Å². The first-order chi connectivity index (χ1) is 9.31. The molecule has 0 spiro atoms. The molecule has 1 aliphatic carbocycles. The number of rotatable bonds is 3. The van der Waals surface area contributed by atoms with Crippen LogP contribution >= 0.6 is 23.0 Å². The van der Waals surface area contributed by atoms with Crippen molar-refractivity contribution in [2.24, 2.45) is 0 Å². The summed E-state index contributed by atoms with van der Waals surface area (Å²) in [6.07, 6.45) is -8.85. The zero-order chi connectivity index (χ0) is 17.0. The molecular weight excluding hydrogens is 357 g/mol. The monoisotopic (exact) mass is 366 g/mol. The average molecular weight is 366 g/mol. The highest BCUT2D eigenvalue weighted by molar-refractivity contribution is 7.41. The molecule has 12 nitrogen and oxygen atoms in total. The summed E-state index contributed by atoms with van der Waals surface area (Å²) in [6, 6.07) is 0. The second-order valence-electron chi connectivity index (χ2n) is 4.28. The molecule has 0 bridgehead atoms. The highest BCUT2D eigenvalue weighted by Crippen LogP contribution is 2.62. The van der Waals surface area contributed by atoms with E-state index in [2.05, 4.69) is 0 Å². The summed E-state index contributed by atoms with van der Waals surface area (Å²) in [4.78, 5) is 0. The highest BCUT2D eigenvalue weighted by atomic mass is 31.1. The summed E-state index contributed by atoms with van der Waals surface area (Å²) >= 11 is 0. The third kappa shape index (κ3) is 1.93. The van der Waals surface area contributed by atoms with Crippen molar-refractivity contribution in [3.63, 3.8) is 0 Å².